The second-order valence-electron chi connectivity index (χ2n) is 4.08. The highest BCUT2D eigenvalue weighted by atomic mass is 79.9. The Morgan fingerprint density at radius 3 is 2.65 bits per heavy atom. The van der Waals surface area contributed by atoms with E-state index in [2.05, 4.69) is 15.9 Å². The molecule has 2 rings (SSSR count). The molecule has 0 aromatic heterocycles. The lowest BCUT2D eigenvalue weighted by Crippen LogP contribution is -2.02. The van der Waals surface area contributed by atoms with Gasteiger partial charge in [-0.15, -0.1) is 0 Å². The minimum Gasteiger partial charge on any atom is -0.478 e. The number of para-hydroxylation sites is 1. The standard InChI is InChI=1S/C15H10BrNO3/c1-9-4-2-5-10(15(18)19)14(9)20-13-7-3-6-12(16)11(13)8-17/h2-7H,1H3,(H,18,19). The van der Waals surface area contributed by atoms with Gasteiger partial charge in [0.25, 0.3) is 0 Å². The Labute approximate surface area is 124 Å². The molecular formula is C15H10BrNO3. The first-order valence-corrected chi connectivity index (χ1v) is 6.53. The van der Waals surface area contributed by atoms with Gasteiger partial charge in [0.2, 0.25) is 0 Å². The minimum absolute atomic E-state index is 0.0638. The van der Waals surface area contributed by atoms with Crippen LogP contribution < -0.4 is 4.74 Å². The Bertz CT molecular complexity index is 720. The smallest absolute Gasteiger partial charge is 0.339 e. The molecule has 0 aliphatic carbocycles. The Kier molecular flexibility index (Phi) is 4.06. The number of nitriles is 1. The molecule has 20 heavy (non-hydrogen) atoms. The number of benzene rings is 2. The van der Waals surface area contributed by atoms with Gasteiger partial charge < -0.3 is 9.84 Å². The van der Waals surface area contributed by atoms with E-state index in [-0.39, 0.29) is 11.3 Å². The van der Waals surface area contributed by atoms with Crippen LogP contribution in [0, 0.1) is 18.3 Å². The molecule has 100 valence electrons. The van der Waals surface area contributed by atoms with Gasteiger partial charge in [0.05, 0.1) is 0 Å². The summed E-state index contributed by atoms with van der Waals surface area (Å²) in [4.78, 5) is 11.2. The highest BCUT2D eigenvalue weighted by molar-refractivity contribution is 9.10. The molecule has 2 aromatic carbocycles. The van der Waals surface area contributed by atoms with E-state index in [0.29, 0.717) is 21.3 Å². The van der Waals surface area contributed by atoms with Crippen LogP contribution in [0.25, 0.3) is 0 Å². The SMILES string of the molecule is Cc1cccc(C(=O)O)c1Oc1cccc(Br)c1C#N. The molecule has 0 atom stereocenters. The van der Waals surface area contributed by atoms with E-state index in [1.165, 1.54) is 6.07 Å². The first kappa shape index (κ1) is 14.1. The van der Waals surface area contributed by atoms with E-state index < -0.39 is 5.97 Å². The number of aromatic carboxylic acids is 1. The molecule has 0 saturated carbocycles. The van der Waals surface area contributed by atoms with Crippen molar-refractivity contribution in [3.63, 3.8) is 0 Å². The van der Waals surface area contributed by atoms with E-state index in [4.69, 9.17) is 10.00 Å². The Morgan fingerprint density at radius 1 is 1.30 bits per heavy atom. The molecule has 0 fully saturated rings. The number of hydrogen-bond acceptors (Lipinski definition) is 3. The van der Waals surface area contributed by atoms with E-state index >= 15 is 0 Å². The predicted octanol–water partition coefficient (Wildman–Crippen LogP) is 4.12. The lowest BCUT2D eigenvalue weighted by molar-refractivity contribution is 0.0694. The third-order valence-corrected chi connectivity index (χ3v) is 3.40. The van der Waals surface area contributed by atoms with Crippen LogP contribution >= 0.6 is 15.9 Å². The molecule has 0 radical (unpaired) electrons. The fraction of sp³-hybridized carbons (Fsp3) is 0.0667. The first-order valence-electron chi connectivity index (χ1n) is 5.74. The van der Waals surface area contributed by atoms with E-state index in [9.17, 15) is 9.90 Å². The molecular weight excluding hydrogens is 322 g/mol. The van der Waals surface area contributed by atoms with Gasteiger partial charge in [-0.25, -0.2) is 4.79 Å². The number of nitrogens with zero attached hydrogens (tertiary/aromatic N) is 1. The van der Waals surface area contributed by atoms with Crippen molar-refractivity contribution in [3.8, 4) is 17.6 Å². The van der Waals surface area contributed by atoms with Crippen molar-refractivity contribution in [1.29, 1.82) is 5.26 Å². The van der Waals surface area contributed by atoms with E-state index in [1.807, 2.05) is 6.07 Å². The first-order chi connectivity index (χ1) is 9.54. The molecule has 0 heterocycles. The summed E-state index contributed by atoms with van der Waals surface area (Å²) >= 11 is 3.27. The normalized spacial score (nSPS) is 9.85. The molecule has 0 bridgehead atoms. The molecule has 0 aliphatic heterocycles. The minimum atomic E-state index is -1.07. The largest absolute Gasteiger partial charge is 0.478 e. The Morgan fingerprint density at radius 2 is 2.00 bits per heavy atom. The van der Waals surface area contributed by atoms with Crippen molar-refractivity contribution in [2.24, 2.45) is 0 Å². The van der Waals surface area contributed by atoms with Gasteiger partial charge in [0.15, 0.2) is 0 Å². The molecule has 2 aromatic rings. The average Bonchev–Trinajstić information content (AvgIpc) is 2.41. The van der Waals surface area contributed by atoms with Crippen LogP contribution in [0.1, 0.15) is 21.5 Å². The number of carbonyl (C=O) groups is 1. The molecule has 1 N–H and O–H groups in total. The summed E-state index contributed by atoms with van der Waals surface area (Å²) in [5.74, 6) is -0.509. The van der Waals surface area contributed by atoms with Gasteiger partial charge in [-0.3, -0.25) is 0 Å². The number of hydrogen-bond donors (Lipinski definition) is 1. The lowest BCUT2D eigenvalue weighted by Gasteiger charge is -2.13. The predicted molar refractivity (Wildman–Crippen MR) is 77.1 cm³/mol. The van der Waals surface area contributed by atoms with Crippen molar-refractivity contribution >= 4 is 21.9 Å². The summed E-state index contributed by atoms with van der Waals surface area (Å²) in [6.45, 7) is 1.76. The second-order valence-corrected chi connectivity index (χ2v) is 4.94. The molecule has 0 spiro atoms. The fourth-order valence-corrected chi connectivity index (χ4v) is 2.20. The quantitative estimate of drug-likeness (QED) is 0.918. The molecule has 4 nitrogen and oxygen atoms in total. The van der Waals surface area contributed by atoms with Crippen LogP contribution in [-0.2, 0) is 0 Å². The number of ether oxygens (including phenoxy) is 1. The number of halogens is 1. The number of aryl methyl sites for hydroxylation is 1. The fourth-order valence-electron chi connectivity index (χ4n) is 1.76. The molecule has 0 saturated heterocycles. The zero-order valence-corrected chi connectivity index (χ0v) is 12.1. The van der Waals surface area contributed by atoms with Crippen molar-refractivity contribution in [1.82, 2.24) is 0 Å². The van der Waals surface area contributed by atoms with Crippen LogP contribution in [0.4, 0.5) is 0 Å². The number of rotatable bonds is 3. The molecule has 0 unspecified atom stereocenters. The maximum atomic E-state index is 11.2. The summed E-state index contributed by atoms with van der Waals surface area (Å²) < 4.78 is 6.27. The van der Waals surface area contributed by atoms with Gasteiger partial charge in [0, 0.05) is 4.47 Å². The highest BCUT2D eigenvalue weighted by Gasteiger charge is 2.16. The topological polar surface area (TPSA) is 70.3 Å². The van der Waals surface area contributed by atoms with Gasteiger partial charge in [-0.2, -0.15) is 5.26 Å². The summed E-state index contributed by atoms with van der Waals surface area (Å²) in [5.41, 5.74) is 1.08. The van der Waals surface area contributed by atoms with Crippen molar-refractivity contribution in [2.75, 3.05) is 0 Å². The third kappa shape index (κ3) is 2.65. The van der Waals surface area contributed by atoms with E-state index in [1.54, 1.807) is 37.3 Å². The summed E-state index contributed by atoms with van der Waals surface area (Å²) in [7, 11) is 0. The van der Waals surface area contributed by atoms with Crippen molar-refractivity contribution < 1.29 is 14.6 Å². The van der Waals surface area contributed by atoms with Crippen LogP contribution in [0.3, 0.4) is 0 Å². The molecule has 0 aliphatic rings. The monoisotopic (exact) mass is 331 g/mol. The zero-order chi connectivity index (χ0) is 14.7. The Hall–Kier alpha value is -2.32. The summed E-state index contributed by atoms with van der Waals surface area (Å²) in [6.07, 6.45) is 0. The molecule has 0 amide bonds. The maximum absolute atomic E-state index is 11.2. The van der Waals surface area contributed by atoms with Gasteiger partial charge in [-0.05, 0) is 46.6 Å². The second kappa shape index (κ2) is 5.76. The lowest BCUT2D eigenvalue weighted by atomic mass is 10.1. The Balaban J connectivity index is 2.54. The van der Waals surface area contributed by atoms with Crippen LogP contribution in [-0.4, -0.2) is 11.1 Å². The zero-order valence-electron chi connectivity index (χ0n) is 10.6. The molecule has 5 heteroatoms. The summed E-state index contributed by atoms with van der Waals surface area (Å²) in [5, 5.41) is 18.3. The summed E-state index contributed by atoms with van der Waals surface area (Å²) in [6, 6.07) is 12.0. The third-order valence-electron chi connectivity index (χ3n) is 2.74. The van der Waals surface area contributed by atoms with Gasteiger partial charge in [-0.1, -0.05) is 18.2 Å². The average molecular weight is 332 g/mol. The van der Waals surface area contributed by atoms with Crippen molar-refractivity contribution in [2.45, 2.75) is 6.92 Å². The van der Waals surface area contributed by atoms with E-state index in [0.717, 1.165) is 0 Å². The number of carboxylic acids is 1. The van der Waals surface area contributed by atoms with Crippen LogP contribution in [0.15, 0.2) is 40.9 Å². The van der Waals surface area contributed by atoms with Crippen molar-refractivity contribution in [3.05, 3.63) is 57.6 Å². The number of carboxylic acid groups (broad SMARTS) is 1. The maximum Gasteiger partial charge on any atom is 0.339 e. The van der Waals surface area contributed by atoms with Gasteiger partial charge >= 0.3 is 5.97 Å². The van der Waals surface area contributed by atoms with Gasteiger partial charge in [0.1, 0.15) is 28.7 Å². The van der Waals surface area contributed by atoms with Crippen LogP contribution in [0.5, 0.6) is 11.5 Å². The highest BCUT2D eigenvalue weighted by Crippen LogP contribution is 2.33. The van der Waals surface area contributed by atoms with Crippen LogP contribution in [0.2, 0.25) is 0 Å².